The molecule has 0 aliphatic carbocycles. The highest BCUT2D eigenvalue weighted by Gasteiger charge is 2.12. The van der Waals surface area contributed by atoms with E-state index >= 15 is 0 Å². The number of carbonyl (C=O) groups is 1. The van der Waals surface area contributed by atoms with Gasteiger partial charge in [-0.15, -0.1) is 11.3 Å². The minimum atomic E-state index is -0.818. The van der Waals surface area contributed by atoms with Gasteiger partial charge in [-0.2, -0.15) is 0 Å². The number of nitrogens with zero attached hydrogens (tertiary/aromatic N) is 1. The Balaban J connectivity index is 1.48. The van der Waals surface area contributed by atoms with Crippen LogP contribution in [-0.4, -0.2) is 22.5 Å². The van der Waals surface area contributed by atoms with E-state index in [2.05, 4.69) is 10.3 Å². The first-order valence-electron chi connectivity index (χ1n) is 7.05. The Hall–Kier alpha value is -2.18. The molecule has 1 amide bonds. The van der Waals surface area contributed by atoms with Gasteiger partial charge < -0.3 is 14.8 Å². The molecule has 2 aromatic heterocycles. The molecule has 2 N–H and O–H groups in total. The number of aryl methyl sites for hydroxylation is 1. The number of nitrogens with one attached hydrogen (secondary N) is 1. The quantitative estimate of drug-likeness (QED) is 0.733. The van der Waals surface area contributed by atoms with Crippen LogP contribution < -0.4 is 5.32 Å². The molecule has 0 saturated carbocycles. The minimum Gasteiger partial charge on any atom is -0.467 e. The lowest BCUT2D eigenvalue weighted by Gasteiger charge is -2.09. The summed E-state index contributed by atoms with van der Waals surface area (Å²) in [4.78, 5) is 16.3. The molecule has 6 heteroatoms. The van der Waals surface area contributed by atoms with Crippen molar-refractivity contribution in [3.63, 3.8) is 0 Å². The summed E-state index contributed by atoms with van der Waals surface area (Å²) >= 11 is 1.61. The summed E-state index contributed by atoms with van der Waals surface area (Å²) in [6, 6.07) is 11.3. The Morgan fingerprint density at radius 3 is 2.95 bits per heavy atom. The smallest absolute Gasteiger partial charge is 0.220 e. The Morgan fingerprint density at radius 2 is 2.18 bits per heavy atom. The number of aromatic nitrogens is 1. The monoisotopic (exact) mass is 316 g/mol. The maximum Gasteiger partial charge on any atom is 0.220 e. The standard InChI is InChI=1S/C16H16N2O3S/c19-12(13-5-3-9-21-13)10-17-15(20)7-8-16-18-11-4-1-2-6-14(11)22-16/h1-6,9,12,19H,7-8,10H2,(H,17,20). The number of hydrogen-bond donors (Lipinski definition) is 2. The van der Waals surface area contributed by atoms with Crippen molar-refractivity contribution in [3.8, 4) is 0 Å². The number of aliphatic hydroxyl groups is 1. The van der Waals surface area contributed by atoms with E-state index in [1.807, 2.05) is 24.3 Å². The zero-order chi connectivity index (χ0) is 15.4. The Morgan fingerprint density at radius 1 is 1.32 bits per heavy atom. The van der Waals surface area contributed by atoms with Gasteiger partial charge in [0.25, 0.3) is 0 Å². The van der Waals surface area contributed by atoms with Crippen LogP contribution >= 0.6 is 11.3 Å². The van der Waals surface area contributed by atoms with Crippen LogP contribution in [0.3, 0.4) is 0 Å². The van der Waals surface area contributed by atoms with Gasteiger partial charge in [-0.1, -0.05) is 12.1 Å². The van der Waals surface area contributed by atoms with Crippen molar-refractivity contribution in [1.82, 2.24) is 10.3 Å². The summed E-state index contributed by atoms with van der Waals surface area (Å²) in [5.74, 6) is 0.344. The van der Waals surface area contributed by atoms with Crippen molar-refractivity contribution in [2.24, 2.45) is 0 Å². The topological polar surface area (TPSA) is 75.4 Å². The summed E-state index contributed by atoms with van der Waals surface area (Å²) in [7, 11) is 0. The lowest BCUT2D eigenvalue weighted by Crippen LogP contribution is -2.28. The van der Waals surface area contributed by atoms with Gasteiger partial charge in [-0.25, -0.2) is 4.98 Å². The molecule has 1 atom stereocenters. The third-order valence-corrected chi connectivity index (χ3v) is 4.36. The number of furan rings is 1. The third-order valence-electron chi connectivity index (χ3n) is 3.27. The molecule has 0 fully saturated rings. The van der Waals surface area contributed by atoms with Crippen LogP contribution in [0, 0.1) is 0 Å². The van der Waals surface area contributed by atoms with Crippen molar-refractivity contribution in [2.45, 2.75) is 18.9 Å². The van der Waals surface area contributed by atoms with Crippen molar-refractivity contribution in [3.05, 3.63) is 53.4 Å². The predicted octanol–water partition coefficient (Wildman–Crippen LogP) is 2.67. The first-order chi connectivity index (χ1) is 10.7. The van der Waals surface area contributed by atoms with Gasteiger partial charge in [0.15, 0.2) is 0 Å². The van der Waals surface area contributed by atoms with Crippen LogP contribution in [0.15, 0.2) is 47.1 Å². The highest BCUT2D eigenvalue weighted by Crippen LogP contribution is 2.22. The fourth-order valence-electron chi connectivity index (χ4n) is 2.13. The molecule has 0 aliphatic heterocycles. The molecule has 1 aromatic carbocycles. The Bertz CT molecular complexity index is 719. The molecule has 1 unspecified atom stereocenters. The molecule has 0 aliphatic rings. The molecule has 3 aromatic rings. The van der Waals surface area contributed by atoms with E-state index in [0.717, 1.165) is 15.2 Å². The van der Waals surface area contributed by atoms with E-state index in [-0.39, 0.29) is 12.5 Å². The number of fused-ring (bicyclic) bond motifs is 1. The van der Waals surface area contributed by atoms with E-state index in [9.17, 15) is 9.90 Å². The zero-order valence-corrected chi connectivity index (χ0v) is 12.7. The Labute approximate surface area is 131 Å². The molecule has 22 heavy (non-hydrogen) atoms. The molecule has 0 saturated heterocycles. The molecule has 0 radical (unpaired) electrons. The fourth-order valence-corrected chi connectivity index (χ4v) is 3.09. The van der Waals surface area contributed by atoms with Gasteiger partial charge in [0.1, 0.15) is 11.9 Å². The van der Waals surface area contributed by atoms with Gasteiger partial charge in [-0.05, 0) is 24.3 Å². The van der Waals surface area contributed by atoms with Crippen LogP contribution in [0.4, 0.5) is 0 Å². The van der Waals surface area contributed by atoms with E-state index in [4.69, 9.17) is 4.42 Å². The van der Waals surface area contributed by atoms with Crippen molar-refractivity contribution >= 4 is 27.5 Å². The molecular formula is C16H16N2O3S. The molecule has 0 bridgehead atoms. The summed E-state index contributed by atoms with van der Waals surface area (Å²) < 4.78 is 6.21. The van der Waals surface area contributed by atoms with Crippen LogP contribution in [0.5, 0.6) is 0 Å². The maximum absolute atomic E-state index is 11.8. The van der Waals surface area contributed by atoms with Gasteiger partial charge in [0, 0.05) is 12.8 Å². The number of para-hydroxylation sites is 1. The van der Waals surface area contributed by atoms with E-state index in [1.54, 1.807) is 23.5 Å². The molecule has 2 heterocycles. The molecule has 3 rings (SSSR count). The van der Waals surface area contributed by atoms with Gasteiger partial charge in [0.05, 0.1) is 28.0 Å². The predicted molar refractivity (Wildman–Crippen MR) is 84.6 cm³/mol. The first-order valence-corrected chi connectivity index (χ1v) is 7.86. The number of thiazole rings is 1. The first kappa shape index (κ1) is 14.7. The molecule has 114 valence electrons. The second-order valence-corrected chi connectivity index (χ2v) is 6.03. The Kier molecular flexibility index (Phi) is 4.50. The average Bonchev–Trinajstić information content (AvgIpc) is 3.19. The zero-order valence-electron chi connectivity index (χ0n) is 11.9. The number of amides is 1. The SMILES string of the molecule is O=C(CCc1nc2ccccc2s1)NCC(O)c1ccco1. The minimum absolute atomic E-state index is 0.107. The maximum atomic E-state index is 11.8. The van der Waals surface area contributed by atoms with Crippen LogP contribution in [0.25, 0.3) is 10.2 Å². The highest BCUT2D eigenvalue weighted by molar-refractivity contribution is 7.18. The van der Waals surface area contributed by atoms with Gasteiger partial charge in [0.2, 0.25) is 5.91 Å². The van der Waals surface area contributed by atoms with Crippen molar-refractivity contribution < 1.29 is 14.3 Å². The summed E-state index contributed by atoms with van der Waals surface area (Å²) in [6.07, 6.45) is 1.63. The third kappa shape index (κ3) is 3.52. The van der Waals surface area contributed by atoms with Crippen LogP contribution in [-0.2, 0) is 11.2 Å². The van der Waals surface area contributed by atoms with E-state index in [1.165, 1.54) is 6.26 Å². The number of aliphatic hydroxyl groups excluding tert-OH is 1. The van der Waals surface area contributed by atoms with E-state index in [0.29, 0.717) is 18.6 Å². The van der Waals surface area contributed by atoms with Crippen molar-refractivity contribution in [1.29, 1.82) is 0 Å². The number of carbonyl (C=O) groups excluding carboxylic acids is 1. The van der Waals surface area contributed by atoms with E-state index < -0.39 is 6.10 Å². The van der Waals surface area contributed by atoms with Crippen molar-refractivity contribution in [2.75, 3.05) is 6.54 Å². The molecule has 0 spiro atoms. The van der Waals surface area contributed by atoms with Crippen LogP contribution in [0.1, 0.15) is 23.3 Å². The number of rotatable bonds is 6. The largest absolute Gasteiger partial charge is 0.467 e. The van der Waals surface area contributed by atoms with Gasteiger partial charge >= 0.3 is 0 Å². The molecular weight excluding hydrogens is 300 g/mol. The second kappa shape index (κ2) is 6.72. The average molecular weight is 316 g/mol. The number of hydrogen-bond acceptors (Lipinski definition) is 5. The summed E-state index contributed by atoms with van der Waals surface area (Å²) in [6.45, 7) is 0.145. The highest BCUT2D eigenvalue weighted by atomic mass is 32.1. The fraction of sp³-hybridized carbons (Fsp3) is 0.250. The summed E-state index contributed by atoms with van der Waals surface area (Å²) in [5, 5.41) is 13.5. The lowest BCUT2D eigenvalue weighted by atomic mass is 10.2. The lowest BCUT2D eigenvalue weighted by molar-refractivity contribution is -0.121. The normalized spacial score (nSPS) is 12.4. The van der Waals surface area contributed by atoms with Crippen LogP contribution in [0.2, 0.25) is 0 Å². The van der Waals surface area contributed by atoms with Gasteiger partial charge in [-0.3, -0.25) is 4.79 Å². The second-order valence-electron chi connectivity index (χ2n) is 4.91. The number of benzene rings is 1. The molecule has 5 nitrogen and oxygen atoms in total. The summed E-state index contributed by atoms with van der Waals surface area (Å²) in [5.41, 5.74) is 0.969.